The molecule has 1 fully saturated rings. The van der Waals surface area contributed by atoms with Crippen LogP contribution < -0.4 is 5.73 Å². The molecule has 0 aromatic heterocycles. The summed E-state index contributed by atoms with van der Waals surface area (Å²) >= 11 is 0. The largest absolute Gasteiger partial charge is 0.416 e. The monoisotopic (exact) mass is 365 g/mol. The van der Waals surface area contributed by atoms with Crippen LogP contribution in [0.4, 0.5) is 18.9 Å². The number of hydrogen-bond acceptors (Lipinski definition) is 5. The van der Waals surface area contributed by atoms with Crippen LogP contribution in [0.15, 0.2) is 18.2 Å². The minimum atomic E-state index is -4.43. The first kappa shape index (κ1) is 19.0. The SMILES string of the molecule is CS(=O)(=O)CCN1CCN(Cc2ccc(N)cc2C(F)(F)F)CC1. The minimum Gasteiger partial charge on any atom is -0.399 e. The average molecular weight is 365 g/mol. The van der Waals surface area contributed by atoms with Crippen LogP contribution in [-0.2, 0) is 22.6 Å². The number of sulfone groups is 1. The number of nitrogens with two attached hydrogens (primary N) is 1. The lowest BCUT2D eigenvalue weighted by molar-refractivity contribution is -0.138. The summed E-state index contributed by atoms with van der Waals surface area (Å²) in [5.41, 5.74) is 5.09. The van der Waals surface area contributed by atoms with E-state index in [1.165, 1.54) is 18.4 Å². The molecule has 0 amide bonds. The van der Waals surface area contributed by atoms with Crippen molar-refractivity contribution in [3.63, 3.8) is 0 Å². The highest BCUT2D eigenvalue weighted by atomic mass is 32.2. The van der Waals surface area contributed by atoms with E-state index in [0.717, 1.165) is 6.07 Å². The quantitative estimate of drug-likeness (QED) is 0.800. The lowest BCUT2D eigenvalue weighted by atomic mass is 10.1. The molecule has 0 saturated carbocycles. The zero-order valence-electron chi connectivity index (χ0n) is 13.5. The highest BCUT2D eigenvalue weighted by Gasteiger charge is 2.34. The van der Waals surface area contributed by atoms with Crippen LogP contribution in [0.3, 0.4) is 0 Å². The maximum Gasteiger partial charge on any atom is 0.416 e. The normalized spacial score (nSPS) is 18.0. The Morgan fingerprint density at radius 2 is 1.71 bits per heavy atom. The summed E-state index contributed by atoms with van der Waals surface area (Å²) in [6.07, 6.45) is -3.23. The Balaban J connectivity index is 1.95. The topological polar surface area (TPSA) is 66.6 Å². The molecule has 0 atom stereocenters. The first-order valence-corrected chi connectivity index (χ1v) is 9.69. The number of hydrogen-bond donors (Lipinski definition) is 1. The van der Waals surface area contributed by atoms with Gasteiger partial charge in [-0.25, -0.2) is 8.42 Å². The molecule has 2 rings (SSSR count). The van der Waals surface area contributed by atoms with E-state index in [2.05, 4.69) is 0 Å². The van der Waals surface area contributed by atoms with Gasteiger partial charge < -0.3 is 5.73 Å². The first-order valence-electron chi connectivity index (χ1n) is 7.62. The third-order valence-electron chi connectivity index (χ3n) is 4.08. The number of halogens is 3. The van der Waals surface area contributed by atoms with Gasteiger partial charge in [-0.2, -0.15) is 13.2 Å². The lowest BCUT2D eigenvalue weighted by Crippen LogP contribution is -2.47. The Morgan fingerprint density at radius 1 is 1.12 bits per heavy atom. The van der Waals surface area contributed by atoms with Crippen LogP contribution in [0, 0.1) is 0 Å². The second kappa shape index (κ2) is 7.28. The number of rotatable bonds is 5. The van der Waals surface area contributed by atoms with Gasteiger partial charge in [0.1, 0.15) is 9.84 Å². The molecule has 1 heterocycles. The van der Waals surface area contributed by atoms with E-state index in [0.29, 0.717) is 32.7 Å². The Labute approximate surface area is 140 Å². The van der Waals surface area contributed by atoms with Gasteiger partial charge >= 0.3 is 6.18 Å². The fraction of sp³-hybridized carbons (Fsp3) is 0.600. The lowest BCUT2D eigenvalue weighted by Gasteiger charge is -2.35. The van der Waals surface area contributed by atoms with Crippen LogP contribution >= 0.6 is 0 Å². The molecule has 24 heavy (non-hydrogen) atoms. The molecule has 0 bridgehead atoms. The molecule has 1 aromatic carbocycles. The summed E-state index contributed by atoms with van der Waals surface area (Å²) in [4.78, 5) is 3.96. The predicted octanol–water partition coefficient (Wildman–Crippen LogP) is 1.45. The van der Waals surface area contributed by atoms with Crippen molar-refractivity contribution in [1.82, 2.24) is 9.80 Å². The summed E-state index contributed by atoms with van der Waals surface area (Å²) in [7, 11) is -3.00. The van der Waals surface area contributed by atoms with E-state index in [1.807, 2.05) is 9.80 Å². The molecule has 0 spiro atoms. The molecule has 1 aliphatic heterocycles. The molecule has 1 aliphatic rings. The van der Waals surface area contributed by atoms with Crippen molar-refractivity contribution >= 4 is 15.5 Å². The summed E-state index contributed by atoms with van der Waals surface area (Å²) in [6.45, 7) is 3.16. The van der Waals surface area contributed by atoms with Gasteiger partial charge in [0.25, 0.3) is 0 Å². The second-order valence-corrected chi connectivity index (χ2v) is 8.42. The van der Waals surface area contributed by atoms with Crippen molar-refractivity contribution in [2.24, 2.45) is 0 Å². The van der Waals surface area contributed by atoms with Gasteiger partial charge in [0.2, 0.25) is 0 Å². The third kappa shape index (κ3) is 5.64. The summed E-state index contributed by atoms with van der Waals surface area (Å²) in [5.74, 6) is 0.100. The summed E-state index contributed by atoms with van der Waals surface area (Å²) < 4.78 is 61.7. The van der Waals surface area contributed by atoms with Crippen LogP contribution in [0.2, 0.25) is 0 Å². The van der Waals surface area contributed by atoms with E-state index >= 15 is 0 Å². The van der Waals surface area contributed by atoms with E-state index in [-0.39, 0.29) is 23.5 Å². The molecule has 9 heteroatoms. The van der Waals surface area contributed by atoms with Crippen molar-refractivity contribution in [2.45, 2.75) is 12.7 Å². The van der Waals surface area contributed by atoms with Gasteiger partial charge in [0, 0.05) is 51.2 Å². The smallest absolute Gasteiger partial charge is 0.399 e. The standard InChI is InChI=1S/C15H22F3N3O2S/c1-24(22,23)9-8-20-4-6-21(7-5-20)11-12-2-3-13(19)10-14(12)15(16,17)18/h2-3,10H,4-9,11,19H2,1H3. The molecule has 136 valence electrons. The summed E-state index contributed by atoms with van der Waals surface area (Å²) in [6, 6.07) is 3.87. The summed E-state index contributed by atoms with van der Waals surface area (Å²) in [5, 5.41) is 0. The van der Waals surface area contributed by atoms with Gasteiger partial charge in [-0.1, -0.05) is 6.07 Å². The Bertz CT molecular complexity index is 669. The molecule has 1 saturated heterocycles. The molecule has 1 aromatic rings. The number of piperazine rings is 1. The average Bonchev–Trinajstić information content (AvgIpc) is 2.46. The van der Waals surface area contributed by atoms with Gasteiger partial charge in [-0.05, 0) is 17.7 Å². The van der Waals surface area contributed by atoms with Crippen molar-refractivity contribution in [1.29, 1.82) is 0 Å². The van der Waals surface area contributed by atoms with Crippen molar-refractivity contribution < 1.29 is 21.6 Å². The Morgan fingerprint density at radius 3 is 2.25 bits per heavy atom. The molecule has 5 nitrogen and oxygen atoms in total. The van der Waals surface area contributed by atoms with Gasteiger partial charge in [-0.15, -0.1) is 0 Å². The fourth-order valence-corrected chi connectivity index (χ4v) is 3.29. The Hall–Kier alpha value is -1.32. The molecule has 0 radical (unpaired) electrons. The fourth-order valence-electron chi connectivity index (χ4n) is 2.70. The number of nitrogens with zero attached hydrogens (tertiary/aromatic N) is 2. The number of anilines is 1. The van der Waals surface area contributed by atoms with Gasteiger partial charge in [0.15, 0.2) is 0 Å². The third-order valence-corrected chi connectivity index (χ3v) is 5.00. The molecule has 0 aliphatic carbocycles. The molecular formula is C15H22F3N3O2S. The minimum absolute atomic E-state index is 0.0941. The van der Waals surface area contributed by atoms with Crippen LogP contribution in [0.5, 0.6) is 0 Å². The van der Waals surface area contributed by atoms with E-state index in [9.17, 15) is 21.6 Å². The molecule has 2 N–H and O–H groups in total. The molecular weight excluding hydrogens is 343 g/mol. The van der Waals surface area contributed by atoms with Crippen LogP contribution in [0.25, 0.3) is 0 Å². The van der Waals surface area contributed by atoms with Crippen molar-refractivity contribution in [3.05, 3.63) is 29.3 Å². The van der Waals surface area contributed by atoms with Crippen LogP contribution in [-0.4, -0.2) is 63.0 Å². The number of alkyl halides is 3. The maximum absolute atomic E-state index is 13.1. The van der Waals surface area contributed by atoms with E-state index in [1.54, 1.807) is 0 Å². The second-order valence-electron chi connectivity index (χ2n) is 6.16. The first-order chi connectivity index (χ1) is 11.0. The molecule has 0 unspecified atom stereocenters. The Kier molecular flexibility index (Phi) is 5.77. The highest BCUT2D eigenvalue weighted by molar-refractivity contribution is 7.90. The number of benzene rings is 1. The van der Waals surface area contributed by atoms with E-state index in [4.69, 9.17) is 5.73 Å². The zero-order chi connectivity index (χ0) is 18.0. The van der Waals surface area contributed by atoms with Crippen LogP contribution in [0.1, 0.15) is 11.1 Å². The maximum atomic E-state index is 13.1. The van der Waals surface area contributed by atoms with Crippen molar-refractivity contribution in [3.8, 4) is 0 Å². The highest BCUT2D eigenvalue weighted by Crippen LogP contribution is 2.34. The van der Waals surface area contributed by atoms with Gasteiger partial charge in [0.05, 0.1) is 11.3 Å². The van der Waals surface area contributed by atoms with Crippen molar-refractivity contribution in [2.75, 3.05) is 50.5 Å². The van der Waals surface area contributed by atoms with E-state index < -0.39 is 21.6 Å². The number of nitrogen functional groups attached to an aromatic ring is 1. The van der Waals surface area contributed by atoms with Gasteiger partial charge in [-0.3, -0.25) is 9.80 Å². The predicted molar refractivity (Wildman–Crippen MR) is 87.3 cm³/mol. The zero-order valence-corrected chi connectivity index (χ0v) is 14.3.